The molecule has 1 spiro atoms. The fourth-order valence-corrected chi connectivity index (χ4v) is 3.49. The molecule has 2 heterocycles. The van der Waals surface area contributed by atoms with Crippen LogP contribution in [0.4, 0.5) is 0 Å². The molecule has 3 rings (SSSR count). The molecular formula is C18H26N2O3. The van der Waals surface area contributed by atoms with E-state index in [0.29, 0.717) is 0 Å². The highest BCUT2D eigenvalue weighted by Gasteiger charge is 2.41. The quantitative estimate of drug-likeness (QED) is 0.850. The highest BCUT2D eigenvalue weighted by atomic mass is 16.5. The minimum atomic E-state index is -0.125. The first-order valence-corrected chi connectivity index (χ1v) is 8.41. The van der Waals surface area contributed by atoms with Gasteiger partial charge < -0.3 is 14.4 Å². The van der Waals surface area contributed by atoms with E-state index in [9.17, 15) is 4.79 Å². The maximum Gasteiger partial charge on any atom is 0.248 e. The molecule has 0 radical (unpaired) electrons. The zero-order valence-corrected chi connectivity index (χ0v) is 14.1. The van der Waals surface area contributed by atoms with E-state index in [2.05, 4.69) is 17.0 Å². The summed E-state index contributed by atoms with van der Waals surface area (Å²) in [5.41, 5.74) is 1.18. The van der Waals surface area contributed by atoms with Crippen molar-refractivity contribution in [1.82, 2.24) is 9.80 Å². The summed E-state index contributed by atoms with van der Waals surface area (Å²) in [6.07, 6.45) is 1.99. The van der Waals surface area contributed by atoms with Gasteiger partial charge in [-0.15, -0.1) is 0 Å². The highest BCUT2D eigenvalue weighted by Crippen LogP contribution is 2.31. The van der Waals surface area contributed by atoms with E-state index >= 15 is 0 Å². The van der Waals surface area contributed by atoms with Crippen LogP contribution < -0.4 is 4.74 Å². The number of piperidine rings is 1. The second kappa shape index (κ2) is 6.89. The van der Waals surface area contributed by atoms with Gasteiger partial charge in [0.15, 0.2) is 0 Å². The van der Waals surface area contributed by atoms with Gasteiger partial charge in [-0.05, 0) is 37.5 Å². The summed E-state index contributed by atoms with van der Waals surface area (Å²) in [6, 6.07) is 8.26. The molecule has 126 valence electrons. The van der Waals surface area contributed by atoms with Gasteiger partial charge in [0.05, 0.1) is 12.7 Å². The van der Waals surface area contributed by atoms with Gasteiger partial charge in [-0.2, -0.15) is 0 Å². The van der Waals surface area contributed by atoms with Crippen LogP contribution in [0.15, 0.2) is 24.3 Å². The Balaban J connectivity index is 1.54. The van der Waals surface area contributed by atoms with Crippen LogP contribution in [0, 0.1) is 0 Å². The smallest absolute Gasteiger partial charge is 0.248 e. The van der Waals surface area contributed by atoms with E-state index in [1.807, 2.05) is 24.0 Å². The third-order valence-electron chi connectivity index (χ3n) is 5.05. The Kier molecular flexibility index (Phi) is 4.87. The van der Waals surface area contributed by atoms with Gasteiger partial charge in [-0.1, -0.05) is 12.1 Å². The Morgan fingerprint density at radius 2 is 1.91 bits per heavy atom. The number of morpholine rings is 1. The topological polar surface area (TPSA) is 42.0 Å². The van der Waals surface area contributed by atoms with E-state index in [-0.39, 0.29) is 18.1 Å². The lowest BCUT2D eigenvalue weighted by atomic mass is 9.89. The van der Waals surface area contributed by atoms with Crippen LogP contribution in [0.1, 0.15) is 25.3 Å². The third kappa shape index (κ3) is 3.67. The van der Waals surface area contributed by atoms with Gasteiger partial charge in [0, 0.05) is 32.7 Å². The van der Waals surface area contributed by atoms with E-state index < -0.39 is 0 Å². The number of likely N-dealkylation sites (N-methyl/N-ethyl adjacent to an activating group) is 1. The molecule has 2 aliphatic heterocycles. The van der Waals surface area contributed by atoms with Gasteiger partial charge in [0.1, 0.15) is 12.4 Å². The molecule has 1 aromatic carbocycles. The van der Waals surface area contributed by atoms with E-state index in [4.69, 9.17) is 9.47 Å². The molecule has 0 aromatic heterocycles. The molecule has 0 bridgehead atoms. The lowest BCUT2D eigenvalue weighted by Gasteiger charge is -2.46. The minimum Gasteiger partial charge on any atom is -0.497 e. The second-order valence-corrected chi connectivity index (χ2v) is 6.50. The SMILES string of the molecule is CCN1CC2(CCN(Cc3ccc(OC)cc3)CC2)OCC1=O. The molecule has 0 saturated carbocycles. The second-order valence-electron chi connectivity index (χ2n) is 6.50. The number of carbonyl (C=O) groups excluding carboxylic acids is 1. The van der Waals surface area contributed by atoms with Crippen molar-refractivity contribution in [2.75, 3.05) is 39.9 Å². The molecule has 23 heavy (non-hydrogen) atoms. The van der Waals surface area contributed by atoms with Crippen molar-refractivity contribution in [3.63, 3.8) is 0 Å². The minimum absolute atomic E-state index is 0.124. The van der Waals surface area contributed by atoms with Crippen molar-refractivity contribution in [3.05, 3.63) is 29.8 Å². The van der Waals surface area contributed by atoms with E-state index in [1.54, 1.807) is 7.11 Å². The number of hydrogen-bond donors (Lipinski definition) is 0. The summed E-state index contributed by atoms with van der Waals surface area (Å²) in [4.78, 5) is 16.2. The first-order valence-electron chi connectivity index (χ1n) is 8.41. The molecule has 0 unspecified atom stereocenters. The Morgan fingerprint density at radius 1 is 1.22 bits per heavy atom. The molecular weight excluding hydrogens is 292 g/mol. The molecule has 2 aliphatic rings. The summed E-state index contributed by atoms with van der Waals surface area (Å²) in [5, 5.41) is 0. The van der Waals surface area contributed by atoms with Crippen molar-refractivity contribution in [2.24, 2.45) is 0 Å². The lowest BCUT2D eigenvalue weighted by molar-refractivity contribution is -0.171. The molecule has 0 aliphatic carbocycles. The van der Waals surface area contributed by atoms with Gasteiger partial charge in [0.2, 0.25) is 5.91 Å². The first kappa shape index (κ1) is 16.3. The number of ether oxygens (including phenoxy) is 2. The number of methoxy groups -OCH3 is 1. The number of carbonyl (C=O) groups is 1. The zero-order valence-electron chi connectivity index (χ0n) is 14.1. The first-order chi connectivity index (χ1) is 11.1. The summed E-state index contributed by atoms with van der Waals surface area (Å²) in [5.74, 6) is 1.02. The highest BCUT2D eigenvalue weighted by molar-refractivity contribution is 5.78. The van der Waals surface area contributed by atoms with Crippen molar-refractivity contribution in [2.45, 2.75) is 31.9 Å². The molecule has 1 amide bonds. The maximum atomic E-state index is 11.8. The van der Waals surface area contributed by atoms with Crippen LogP contribution >= 0.6 is 0 Å². The largest absolute Gasteiger partial charge is 0.497 e. The molecule has 5 heteroatoms. The van der Waals surface area contributed by atoms with Gasteiger partial charge in [0.25, 0.3) is 0 Å². The number of hydrogen-bond acceptors (Lipinski definition) is 4. The maximum absolute atomic E-state index is 11.8. The predicted molar refractivity (Wildman–Crippen MR) is 88.4 cm³/mol. The normalized spacial score (nSPS) is 21.7. The summed E-state index contributed by atoms with van der Waals surface area (Å²) in [6.45, 7) is 6.78. The van der Waals surface area contributed by atoms with Crippen molar-refractivity contribution < 1.29 is 14.3 Å². The van der Waals surface area contributed by atoms with Crippen LogP contribution in [-0.4, -0.2) is 61.2 Å². The van der Waals surface area contributed by atoms with Crippen molar-refractivity contribution >= 4 is 5.91 Å². The van der Waals surface area contributed by atoms with E-state index in [1.165, 1.54) is 5.56 Å². The number of rotatable bonds is 4. The molecule has 5 nitrogen and oxygen atoms in total. The zero-order chi connectivity index (χ0) is 16.3. The average Bonchev–Trinajstić information content (AvgIpc) is 2.60. The molecule has 0 atom stereocenters. The van der Waals surface area contributed by atoms with Crippen molar-refractivity contribution in [3.8, 4) is 5.75 Å². The Hall–Kier alpha value is -1.59. The number of likely N-dealkylation sites (tertiary alicyclic amines) is 1. The van der Waals surface area contributed by atoms with Crippen LogP contribution in [0.3, 0.4) is 0 Å². The fourth-order valence-electron chi connectivity index (χ4n) is 3.49. The molecule has 1 aromatic rings. The van der Waals surface area contributed by atoms with Gasteiger partial charge in [-0.25, -0.2) is 0 Å². The number of nitrogens with zero attached hydrogens (tertiary/aromatic N) is 2. The summed E-state index contributed by atoms with van der Waals surface area (Å²) >= 11 is 0. The Labute approximate surface area is 138 Å². The average molecular weight is 318 g/mol. The van der Waals surface area contributed by atoms with Crippen molar-refractivity contribution in [1.29, 1.82) is 0 Å². The van der Waals surface area contributed by atoms with E-state index in [0.717, 1.165) is 51.3 Å². The third-order valence-corrected chi connectivity index (χ3v) is 5.05. The summed E-state index contributed by atoms with van der Waals surface area (Å²) in [7, 11) is 1.69. The number of amides is 1. The van der Waals surface area contributed by atoms with Gasteiger partial charge >= 0.3 is 0 Å². The van der Waals surface area contributed by atoms with Gasteiger partial charge in [-0.3, -0.25) is 9.69 Å². The predicted octanol–water partition coefficient (Wildman–Crippen LogP) is 1.91. The molecule has 2 fully saturated rings. The van der Waals surface area contributed by atoms with Crippen LogP contribution in [0.5, 0.6) is 5.75 Å². The molecule has 0 N–H and O–H groups in total. The van der Waals surface area contributed by atoms with Crippen LogP contribution in [0.2, 0.25) is 0 Å². The van der Waals surface area contributed by atoms with Crippen LogP contribution in [0.25, 0.3) is 0 Å². The number of benzene rings is 1. The lowest BCUT2D eigenvalue weighted by Crippen LogP contribution is -2.58. The standard InChI is InChI=1S/C18H26N2O3/c1-3-20-14-18(23-13-17(20)21)8-10-19(11-9-18)12-15-4-6-16(22-2)7-5-15/h4-7H,3,8-14H2,1-2H3. The van der Waals surface area contributed by atoms with Crippen LogP contribution in [-0.2, 0) is 16.1 Å². The fraction of sp³-hybridized carbons (Fsp3) is 0.611. The molecule has 2 saturated heterocycles. The summed E-state index contributed by atoms with van der Waals surface area (Å²) < 4.78 is 11.1. The Bertz CT molecular complexity index is 536. The Morgan fingerprint density at radius 3 is 2.52 bits per heavy atom. The monoisotopic (exact) mass is 318 g/mol.